The van der Waals surface area contributed by atoms with E-state index >= 15 is 0 Å². The Morgan fingerprint density at radius 2 is 2.04 bits per heavy atom. The number of aromatic amines is 1. The van der Waals surface area contributed by atoms with Crippen molar-refractivity contribution in [1.29, 1.82) is 0 Å². The van der Waals surface area contributed by atoms with Crippen LogP contribution in [0.3, 0.4) is 0 Å². The Kier molecular flexibility index (Phi) is 3.20. The second-order valence-corrected chi connectivity index (χ2v) is 5.87. The highest BCUT2D eigenvalue weighted by atomic mass is 16.2. The van der Waals surface area contributed by atoms with Gasteiger partial charge >= 0.3 is 0 Å². The van der Waals surface area contributed by atoms with Gasteiger partial charge in [0.25, 0.3) is 17.4 Å². The smallest absolute Gasteiger partial charge is 0.266 e. The molecule has 0 fully saturated rings. The number of primary amides is 1. The number of fused-ring (bicyclic) bond motifs is 2. The molecule has 10 nitrogen and oxygen atoms in total. The molecule has 3 aromatic heterocycles. The van der Waals surface area contributed by atoms with E-state index in [2.05, 4.69) is 15.1 Å². The van der Waals surface area contributed by atoms with Crippen LogP contribution in [0.25, 0.3) is 5.65 Å². The van der Waals surface area contributed by atoms with E-state index in [1.165, 1.54) is 23.0 Å². The quantitative estimate of drug-likeness (QED) is 0.635. The number of carbonyl (C=O) groups excluding carboxylic acids is 2. The van der Waals surface area contributed by atoms with Crippen molar-refractivity contribution in [2.75, 3.05) is 6.54 Å². The van der Waals surface area contributed by atoms with Gasteiger partial charge in [-0.25, -0.2) is 14.5 Å². The Labute approximate surface area is 140 Å². The highest BCUT2D eigenvalue weighted by molar-refractivity contribution is 5.95. The number of nitrogens with two attached hydrogens (primary N) is 1. The highest BCUT2D eigenvalue weighted by Crippen LogP contribution is 2.18. The van der Waals surface area contributed by atoms with Crippen LogP contribution in [0.2, 0.25) is 0 Å². The predicted octanol–water partition coefficient (Wildman–Crippen LogP) is -0.718. The van der Waals surface area contributed by atoms with Crippen molar-refractivity contribution in [3.8, 4) is 0 Å². The number of imidazole rings is 1. The topological polar surface area (TPSA) is 131 Å². The molecule has 0 saturated carbocycles. The second kappa shape index (κ2) is 5.30. The van der Waals surface area contributed by atoms with E-state index in [0.29, 0.717) is 41.5 Å². The minimum atomic E-state index is -0.541. The van der Waals surface area contributed by atoms with Crippen LogP contribution >= 0.6 is 0 Å². The van der Waals surface area contributed by atoms with Crippen LogP contribution in [-0.4, -0.2) is 47.4 Å². The largest absolute Gasteiger partial charge is 0.364 e. The van der Waals surface area contributed by atoms with Gasteiger partial charge in [-0.05, 0) is 6.92 Å². The molecule has 0 bridgehead atoms. The summed E-state index contributed by atoms with van der Waals surface area (Å²) in [5.74, 6) is -0.147. The molecule has 3 aromatic rings. The first-order chi connectivity index (χ1) is 12.0. The molecular formula is C15H15N7O3. The summed E-state index contributed by atoms with van der Waals surface area (Å²) in [6, 6.07) is 1.37. The minimum absolute atomic E-state index is 0.212. The normalized spacial score (nSPS) is 13.9. The summed E-state index contributed by atoms with van der Waals surface area (Å²) < 4.78 is 3.22. The maximum Gasteiger partial charge on any atom is 0.266 e. The van der Waals surface area contributed by atoms with Crippen LogP contribution < -0.4 is 11.3 Å². The van der Waals surface area contributed by atoms with E-state index in [9.17, 15) is 14.4 Å². The summed E-state index contributed by atoms with van der Waals surface area (Å²) >= 11 is 0. The average molecular weight is 341 g/mol. The fraction of sp³-hybridized carbons (Fsp3) is 0.267. The third-order valence-corrected chi connectivity index (χ3v) is 4.40. The summed E-state index contributed by atoms with van der Waals surface area (Å²) in [6.45, 7) is 2.87. The van der Waals surface area contributed by atoms with Crippen LogP contribution in [0.15, 0.2) is 23.3 Å². The fourth-order valence-corrected chi connectivity index (χ4v) is 3.09. The lowest BCUT2D eigenvalue weighted by Crippen LogP contribution is -2.39. The standard InChI is InChI=1S/C15H15N7O3/c1-8-9(5-17-11-4-13(23)19-22(8)11)15(25)20-2-3-21-10(14(16)24)6-18-12(21)7-20/h4-6H,2-3,7H2,1H3,(H2,16,24)(H,19,23). The summed E-state index contributed by atoms with van der Waals surface area (Å²) in [4.78, 5) is 45.7. The van der Waals surface area contributed by atoms with Crippen LogP contribution in [0.5, 0.6) is 0 Å². The first-order valence-electron chi connectivity index (χ1n) is 7.66. The lowest BCUT2D eigenvalue weighted by atomic mass is 10.2. The van der Waals surface area contributed by atoms with Gasteiger partial charge in [0.15, 0.2) is 5.65 Å². The van der Waals surface area contributed by atoms with E-state index in [0.717, 1.165) is 0 Å². The van der Waals surface area contributed by atoms with Crippen molar-refractivity contribution in [3.05, 3.63) is 51.6 Å². The molecule has 2 amide bonds. The monoisotopic (exact) mass is 341 g/mol. The molecule has 0 unspecified atom stereocenters. The molecule has 10 heteroatoms. The molecule has 3 N–H and O–H groups in total. The number of carbonyl (C=O) groups is 2. The van der Waals surface area contributed by atoms with Crippen molar-refractivity contribution in [2.45, 2.75) is 20.0 Å². The third kappa shape index (κ3) is 2.30. The molecule has 1 aliphatic heterocycles. The number of H-pyrrole nitrogens is 1. The summed E-state index contributed by atoms with van der Waals surface area (Å²) in [7, 11) is 0. The molecule has 0 radical (unpaired) electrons. The zero-order valence-electron chi connectivity index (χ0n) is 13.4. The van der Waals surface area contributed by atoms with Gasteiger partial charge in [0.1, 0.15) is 11.5 Å². The number of nitrogens with zero attached hydrogens (tertiary/aromatic N) is 5. The molecular weight excluding hydrogens is 326 g/mol. The molecule has 4 rings (SSSR count). The lowest BCUT2D eigenvalue weighted by molar-refractivity contribution is 0.0704. The van der Waals surface area contributed by atoms with E-state index < -0.39 is 5.91 Å². The Bertz CT molecular complexity index is 1070. The number of amides is 2. The Hall–Kier alpha value is -3.43. The number of aryl methyl sites for hydroxylation is 1. The maximum absolute atomic E-state index is 12.9. The molecule has 128 valence electrons. The first kappa shape index (κ1) is 15.1. The van der Waals surface area contributed by atoms with Crippen LogP contribution in [0, 0.1) is 6.92 Å². The van der Waals surface area contributed by atoms with Gasteiger partial charge < -0.3 is 15.2 Å². The predicted molar refractivity (Wildman–Crippen MR) is 86.0 cm³/mol. The summed E-state index contributed by atoms with van der Waals surface area (Å²) in [5, 5.41) is 2.62. The molecule has 0 aromatic carbocycles. The third-order valence-electron chi connectivity index (χ3n) is 4.40. The van der Waals surface area contributed by atoms with Gasteiger partial charge in [0.2, 0.25) is 0 Å². The molecule has 0 aliphatic carbocycles. The van der Waals surface area contributed by atoms with Crippen molar-refractivity contribution in [2.24, 2.45) is 5.73 Å². The van der Waals surface area contributed by atoms with E-state index in [-0.39, 0.29) is 18.0 Å². The van der Waals surface area contributed by atoms with E-state index in [1.54, 1.807) is 16.4 Å². The summed E-state index contributed by atoms with van der Waals surface area (Å²) in [5.41, 5.74) is 6.84. The number of hydrogen-bond acceptors (Lipinski definition) is 5. The zero-order valence-corrected chi connectivity index (χ0v) is 13.4. The van der Waals surface area contributed by atoms with Gasteiger partial charge in [-0.15, -0.1) is 0 Å². The Morgan fingerprint density at radius 3 is 2.80 bits per heavy atom. The number of aromatic nitrogens is 5. The number of nitrogens with one attached hydrogen (secondary N) is 1. The highest BCUT2D eigenvalue weighted by Gasteiger charge is 2.27. The fourth-order valence-electron chi connectivity index (χ4n) is 3.09. The molecule has 4 heterocycles. The van der Waals surface area contributed by atoms with Gasteiger partial charge in [0, 0.05) is 25.4 Å². The molecule has 1 aliphatic rings. The molecule has 0 spiro atoms. The van der Waals surface area contributed by atoms with E-state index in [1.807, 2.05) is 0 Å². The molecule has 0 atom stereocenters. The first-order valence-corrected chi connectivity index (χ1v) is 7.66. The second-order valence-electron chi connectivity index (χ2n) is 5.87. The zero-order chi connectivity index (χ0) is 17.7. The van der Waals surface area contributed by atoms with Crippen molar-refractivity contribution < 1.29 is 9.59 Å². The average Bonchev–Trinajstić information content (AvgIpc) is 3.17. The van der Waals surface area contributed by atoms with Crippen molar-refractivity contribution >= 4 is 17.5 Å². The van der Waals surface area contributed by atoms with Gasteiger partial charge in [-0.2, -0.15) is 0 Å². The van der Waals surface area contributed by atoms with Crippen LogP contribution in [-0.2, 0) is 13.1 Å². The molecule has 25 heavy (non-hydrogen) atoms. The van der Waals surface area contributed by atoms with E-state index in [4.69, 9.17) is 5.73 Å². The van der Waals surface area contributed by atoms with Gasteiger partial charge in [-0.3, -0.25) is 19.5 Å². The SMILES string of the molecule is Cc1c(C(=O)N2CCn3c(C(N)=O)cnc3C2)cnc2cc(=O)[nH]n12. The van der Waals surface area contributed by atoms with Crippen LogP contribution in [0.1, 0.15) is 32.4 Å². The van der Waals surface area contributed by atoms with Gasteiger partial charge in [-0.1, -0.05) is 0 Å². The number of rotatable bonds is 2. The Balaban J connectivity index is 1.67. The van der Waals surface area contributed by atoms with Crippen molar-refractivity contribution in [3.63, 3.8) is 0 Å². The molecule has 0 saturated heterocycles. The lowest BCUT2D eigenvalue weighted by Gasteiger charge is -2.28. The summed E-state index contributed by atoms with van der Waals surface area (Å²) in [6.07, 6.45) is 2.89. The number of hydrogen-bond donors (Lipinski definition) is 2. The maximum atomic E-state index is 12.9. The van der Waals surface area contributed by atoms with Crippen LogP contribution in [0.4, 0.5) is 0 Å². The minimum Gasteiger partial charge on any atom is -0.364 e. The Morgan fingerprint density at radius 1 is 1.24 bits per heavy atom. The van der Waals surface area contributed by atoms with Gasteiger partial charge in [0.05, 0.1) is 24.0 Å². The van der Waals surface area contributed by atoms with Crippen molar-refractivity contribution in [1.82, 2.24) is 29.0 Å².